The van der Waals surface area contributed by atoms with E-state index < -0.39 is 18.0 Å². The fourth-order valence-electron chi connectivity index (χ4n) is 4.58. The van der Waals surface area contributed by atoms with Gasteiger partial charge >= 0.3 is 0 Å². The molecule has 0 aromatic heterocycles. The van der Waals surface area contributed by atoms with Crippen molar-refractivity contribution in [3.05, 3.63) is 89.7 Å². The summed E-state index contributed by atoms with van der Waals surface area (Å²) in [7, 11) is 0. The number of benzene rings is 3. The third-order valence-electron chi connectivity index (χ3n) is 6.98. The molecule has 7 nitrogen and oxygen atoms in total. The minimum absolute atomic E-state index is 0.0320. The summed E-state index contributed by atoms with van der Waals surface area (Å²) in [4.78, 5) is 26.4. The first-order chi connectivity index (χ1) is 19.7. The molecule has 0 heterocycles. The van der Waals surface area contributed by atoms with Gasteiger partial charge in [-0.15, -0.1) is 0 Å². The molecule has 0 aliphatic carbocycles. The van der Waals surface area contributed by atoms with Gasteiger partial charge in [0.1, 0.15) is 17.3 Å². The summed E-state index contributed by atoms with van der Waals surface area (Å²) in [5.41, 5.74) is 8.58. The molecule has 41 heavy (non-hydrogen) atoms. The molecule has 4 N–H and O–H groups in total. The van der Waals surface area contributed by atoms with Crippen LogP contribution < -0.4 is 25.8 Å². The molecule has 220 valence electrons. The molecule has 0 saturated heterocycles. The monoisotopic (exact) mass is 563 g/mol. The van der Waals surface area contributed by atoms with E-state index in [1.54, 1.807) is 25.1 Å². The highest BCUT2D eigenvalue weighted by Crippen LogP contribution is 2.26. The number of hydrogen-bond acceptors (Lipinski definition) is 5. The summed E-state index contributed by atoms with van der Waals surface area (Å²) < 4.78 is 25.1. The first kappa shape index (κ1) is 31.6. The number of carbonyl (C=O) groups excluding carboxylic acids is 2. The van der Waals surface area contributed by atoms with Crippen LogP contribution in [0.3, 0.4) is 0 Å². The smallest absolute Gasteiger partial charge is 0.251 e. The molecule has 0 fully saturated rings. The number of rotatable bonds is 15. The van der Waals surface area contributed by atoms with E-state index in [-0.39, 0.29) is 23.7 Å². The van der Waals surface area contributed by atoms with Gasteiger partial charge in [0.05, 0.1) is 12.7 Å². The molecule has 3 aromatic rings. The molecular weight excluding hydrogens is 521 g/mol. The summed E-state index contributed by atoms with van der Waals surface area (Å²) in [6.07, 6.45) is 2.54. The Morgan fingerprint density at radius 3 is 2.22 bits per heavy atom. The highest BCUT2D eigenvalue weighted by Gasteiger charge is 2.26. The van der Waals surface area contributed by atoms with Crippen LogP contribution in [0.1, 0.15) is 62.9 Å². The second-order valence-electron chi connectivity index (χ2n) is 10.2. The first-order valence-corrected chi connectivity index (χ1v) is 14.3. The van der Waals surface area contributed by atoms with E-state index in [0.717, 1.165) is 18.4 Å². The van der Waals surface area contributed by atoms with E-state index in [1.807, 2.05) is 37.3 Å². The zero-order chi connectivity index (χ0) is 29.8. The van der Waals surface area contributed by atoms with Gasteiger partial charge in [0.15, 0.2) is 0 Å². The Morgan fingerprint density at radius 2 is 1.59 bits per heavy atom. The van der Waals surface area contributed by atoms with E-state index in [2.05, 4.69) is 24.5 Å². The number of anilines is 1. The Balaban J connectivity index is 1.78. The summed E-state index contributed by atoms with van der Waals surface area (Å²) >= 11 is 0. The summed E-state index contributed by atoms with van der Waals surface area (Å²) in [6, 6.07) is 19.6. The molecule has 0 unspecified atom stereocenters. The average molecular weight is 564 g/mol. The first-order valence-electron chi connectivity index (χ1n) is 14.3. The maximum atomic E-state index is 13.6. The topological polar surface area (TPSA) is 103 Å². The largest absolute Gasteiger partial charge is 0.494 e. The lowest BCUT2D eigenvalue weighted by atomic mass is 9.92. The lowest BCUT2D eigenvalue weighted by molar-refractivity contribution is -0.119. The van der Waals surface area contributed by atoms with Gasteiger partial charge in [-0.05, 0) is 74.6 Å². The Labute approximate surface area is 242 Å². The maximum absolute atomic E-state index is 13.6. The van der Waals surface area contributed by atoms with Crippen molar-refractivity contribution in [2.24, 2.45) is 11.7 Å². The van der Waals surface area contributed by atoms with Gasteiger partial charge < -0.3 is 25.8 Å². The van der Waals surface area contributed by atoms with Crippen LogP contribution >= 0.6 is 0 Å². The van der Waals surface area contributed by atoms with Crippen molar-refractivity contribution in [1.82, 2.24) is 5.32 Å². The zero-order valence-electron chi connectivity index (χ0n) is 24.4. The van der Waals surface area contributed by atoms with Gasteiger partial charge in [-0.2, -0.15) is 0 Å². The maximum Gasteiger partial charge on any atom is 0.251 e. The molecule has 0 bridgehead atoms. The number of carbonyl (C=O) groups is 2. The molecule has 3 aromatic carbocycles. The van der Waals surface area contributed by atoms with E-state index in [4.69, 9.17) is 15.2 Å². The molecule has 3 atom stereocenters. The number of halogens is 1. The Hall–Kier alpha value is -3.91. The predicted molar refractivity (Wildman–Crippen MR) is 161 cm³/mol. The third-order valence-corrected chi connectivity index (χ3v) is 6.98. The van der Waals surface area contributed by atoms with Crippen LogP contribution in [-0.2, 0) is 11.2 Å². The predicted octanol–water partition coefficient (Wildman–Crippen LogP) is 6.13. The van der Waals surface area contributed by atoms with Crippen molar-refractivity contribution in [3.8, 4) is 11.5 Å². The van der Waals surface area contributed by atoms with Crippen LogP contribution in [-0.4, -0.2) is 36.6 Å². The zero-order valence-corrected chi connectivity index (χ0v) is 24.4. The number of nitrogens with two attached hydrogens (primary N) is 1. The molecule has 0 aliphatic heterocycles. The lowest BCUT2D eigenvalue weighted by Gasteiger charge is -2.27. The quantitative estimate of drug-likeness (QED) is 0.207. The molecule has 0 aliphatic rings. The Bertz CT molecular complexity index is 1250. The highest BCUT2D eigenvalue weighted by molar-refractivity contribution is 5.95. The van der Waals surface area contributed by atoms with Crippen LogP contribution in [0.2, 0.25) is 0 Å². The molecule has 8 heteroatoms. The third kappa shape index (κ3) is 9.90. The molecule has 0 spiro atoms. The van der Waals surface area contributed by atoms with E-state index >= 15 is 0 Å². The van der Waals surface area contributed by atoms with Gasteiger partial charge in [-0.3, -0.25) is 9.59 Å². The second-order valence-corrected chi connectivity index (χ2v) is 10.2. The minimum atomic E-state index is -0.525. The van der Waals surface area contributed by atoms with Crippen molar-refractivity contribution in [2.75, 3.05) is 11.9 Å². The van der Waals surface area contributed by atoms with E-state index in [9.17, 15) is 14.0 Å². The highest BCUT2D eigenvalue weighted by atomic mass is 19.1. The van der Waals surface area contributed by atoms with Crippen molar-refractivity contribution >= 4 is 17.5 Å². The summed E-state index contributed by atoms with van der Waals surface area (Å²) in [6.45, 7) is 8.24. The fraction of sp³-hybridized carbons (Fsp3) is 0.394. The van der Waals surface area contributed by atoms with Crippen molar-refractivity contribution in [2.45, 2.75) is 71.6 Å². The lowest BCUT2D eigenvalue weighted by Crippen LogP contribution is -2.50. The molecular formula is C33H42FN3O4. The van der Waals surface area contributed by atoms with E-state index in [0.29, 0.717) is 42.2 Å². The van der Waals surface area contributed by atoms with Gasteiger partial charge in [0.25, 0.3) is 5.91 Å². The fourth-order valence-corrected chi connectivity index (χ4v) is 4.58. The Morgan fingerprint density at radius 1 is 0.927 bits per heavy atom. The van der Waals surface area contributed by atoms with E-state index in [1.165, 1.54) is 24.3 Å². The van der Waals surface area contributed by atoms with Gasteiger partial charge in [-0.25, -0.2) is 4.39 Å². The van der Waals surface area contributed by atoms with Crippen LogP contribution in [0.5, 0.6) is 11.5 Å². The number of nitrogens with one attached hydrogen (secondary N) is 2. The number of ether oxygens (including phenoxy) is 2. The average Bonchev–Trinajstić information content (AvgIpc) is 2.97. The molecule has 3 rings (SSSR count). The second kappa shape index (κ2) is 15.8. The van der Waals surface area contributed by atoms with Crippen molar-refractivity contribution in [3.63, 3.8) is 0 Å². The van der Waals surface area contributed by atoms with Crippen LogP contribution in [0.15, 0.2) is 72.8 Å². The van der Waals surface area contributed by atoms with Gasteiger partial charge in [0.2, 0.25) is 5.91 Å². The number of amides is 2. The summed E-state index contributed by atoms with van der Waals surface area (Å²) in [5.74, 6) is -0.240. The SMILES string of the molecule is CCOc1cc(OC(CC)CC)cc(C(=O)N[C@@H](Cc2ccccc2)[C@@H](N)C[C@@H](C)C(=O)Nc2ccc(F)cc2)c1. The van der Waals surface area contributed by atoms with Gasteiger partial charge in [0, 0.05) is 35.3 Å². The normalized spacial score (nSPS) is 13.2. The van der Waals surface area contributed by atoms with Crippen LogP contribution in [0, 0.1) is 11.7 Å². The van der Waals surface area contributed by atoms with Crippen molar-refractivity contribution in [1.29, 1.82) is 0 Å². The Kier molecular flexibility index (Phi) is 12.2. The summed E-state index contributed by atoms with van der Waals surface area (Å²) in [5, 5.41) is 5.91. The molecule has 0 saturated carbocycles. The van der Waals surface area contributed by atoms with Gasteiger partial charge in [-0.1, -0.05) is 51.1 Å². The standard InChI is InChI=1S/C33H42FN3O4/c1-5-27(6-2)41-29-20-24(19-28(21-29)40-7-3)33(39)37-31(18-23-11-9-8-10-12-23)30(35)17-22(4)32(38)36-26-15-13-25(34)14-16-26/h8-16,19-22,27,30-31H,5-7,17-18,35H2,1-4H3,(H,36,38)(H,37,39)/t22-,30+,31+/m1/s1. The molecule has 2 amide bonds. The van der Waals surface area contributed by atoms with Crippen LogP contribution in [0.4, 0.5) is 10.1 Å². The number of hydrogen-bond donors (Lipinski definition) is 3. The van der Waals surface area contributed by atoms with Crippen LogP contribution in [0.25, 0.3) is 0 Å². The molecule has 0 radical (unpaired) electrons. The minimum Gasteiger partial charge on any atom is -0.494 e. The van der Waals surface area contributed by atoms with Crippen molar-refractivity contribution < 1.29 is 23.5 Å².